The van der Waals surface area contributed by atoms with Crippen LogP contribution in [0.4, 0.5) is 0 Å². The third-order valence-electron chi connectivity index (χ3n) is 7.18. The van der Waals surface area contributed by atoms with Crippen molar-refractivity contribution in [2.45, 2.75) is 70.9 Å². The summed E-state index contributed by atoms with van der Waals surface area (Å²) in [5, 5.41) is -0.144. The van der Waals surface area contributed by atoms with Crippen LogP contribution in [0.3, 0.4) is 0 Å². The molecule has 1 aliphatic heterocycles. The smallest absolute Gasteiger partial charge is 0.404 e. The molecule has 3 saturated carbocycles. The van der Waals surface area contributed by atoms with Crippen LogP contribution in [0.2, 0.25) is 0 Å². The van der Waals surface area contributed by atoms with Gasteiger partial charge in [-0.3, -0.25) is 0 Å². The fourth-order valence-electron chi connectivity index (χ4n) is 5.43. The third kappa shape index (κ3) is 2.39. The Bertz CT molecular complexity index is 661. The number of aryl methyl sites for hydroxylation is 2. The predicted octanol–water partition coefficient (Wildman–Crippen LogP) is 4.72. The highest BCUT2D eigenvalue weighted by Gasteiger charge is 2.68. The molecule has 1 aromatic rings. The summed E-state index contributed by atoms with van der Waals surface area (Å²) in [6, 6.07) is 6.55. The molecule has 0 radical (unpaired) electrons. The number of halogens is 1. The van der Waals surface area contributed by atoms with Crippen LogP contribution < -0.4 is 0 Å². The second kappa shape index (κ2) is 5.49. The SMILES string of the molecule is Cc1ccc(C[C@@H](Cl)B2O[C@@H]3C[C@@H]4C[C@@H](C4(C)C)[C@]3(C)O2)c(C)c1. The Morgan fingerprint density at radius 2 is 2.00 bits per heavy atom. The van der Waals surface area contributed by atoms with E-state index in [9.17, 15) is 0 Å². The van der Waals surface area contributed by atoms with Crippen molar-refractivity contribution in [3.05, 3.63) is 34.9 Å². The summed E-state index contributed by atoms with van der Waals surface area (Å²) in [5.74, 6) is 1.36. The van der Waals surface area contributed by atoms with Crippen molar-refractivity contribution in [1.29, 1.82) is 0 Å². The van der Waals surface area contributed by atoms with E-state index in [1.165, 1.54) is 23.1 Å². The number of alkyl halides is 1. The first kappa shape index (κ1) is 16.9. The fourth-order valence-corrected chi connectivity index (χ4v) is 5.71. The van der Waals surface area contributed by atoms with Gasteiger partial charge in [0.25, 0.3) is 0 Å². The fraction of sp³-hybridized carbons (Fsp3) is 0.700. The van der Waals surface area contributed by atoms with Crippen LogP contribution in [-0.2, 0) is 15.7 Å². The lowest BCUT2D eigenvalue weighted by Gasteiger charge is -2.64. The standard InChI is InChI=1S/C20H28BClO2/c1-12-6-7-14(13(2)8-12)9-18(22)21-23-17-11-15-10-16(19(15,3)4)20(17,5)24-21/h6-8,15-18H,9-11H2,1-5H3/t15-,16-,17+,18+,20-/m0/s1. The minimum Gasteiger partial charge on any atom is -0.404 e. The summed E-state index contributed by atoms with van der Waals surface area (Å²) in [6.07, 6.45) is 3.39. The molecule has 5 atom stereocenters. The average Bonchev–Trinajstić information content (AvgIpc) is 2.86. The molecule has 0 aromatic heterocycles. The number of benzene rings is 1. The zero-order valence-electron chi connectivity index (χ0n) is 15.4. The van der Waals surface area contributed by atoms with Gasteiger partial charge in [0.05, 0.1) is 17.0 Å². The van der Waals surface area contributed by atoms with E-state index in [1.54, 1.807) is 0 Å². The number of hydrogen-bond acceptors (Lipinski definition) is 2. The minimum atomic E-state index is -0.294. The summed E-state index contributed by atoms with van der Waals surface area (Å²) < 4.78 is 12.8. The predicted molar refractivity (Wildman–Crippen MR) is 99.4 cm³/mol. The summed E-state index contributed by atoms with van der Waals surface area (Å²) >= 11 is 6.74. The molecule has 5 rings (SSSR count). The minimum absolute atomic E-state index is 0.144. The number of rotatable bonds is 3. The maximum Gasteiger partial charge on any atom is 0.477 e. The molecule has 1 saturated heterocycles. The first-order chi connectivity index (χ1) is 11.2. The molecule has 1 aromatic carbocycles. The first-order valence-corrected chi connectivity index (χ1v) is 9.69. The number of hydrogen-bond donors (Lipinski definition) is 0. The van der Waals surface area contributed by atoms with Crippen LogP contribution in [0.5, 0.6) is 0 Å². The van der Waals surface area contributed by atoms with Crippen molar-refractivity contribution in [1.82, 2.24) is 0 Å². The molecule has 4 fully saturated rings. The summed E-state index contributed by atoms with van der Waals surface area (Å²) in [6.45, 7) is 11.3. The van der Waals surface area contributed by atoms with Gasteiger partial charge in [0.1, 0.15) is 0 Å². The van der Waals surface area contributed by atoms with E-state index in [2.05, 4.69) is 52.8 Å². The van der Waals surface area contributed by atoms with E-state index in [1.807, 2.05) is 0 Å². The molecule has 0 spiro atoms. The lowest BCUT2D eigenvalue weighted by molar-refractivity contribution is -0.199. The van der Waals surface area contributed by atoms with Crippen molar-refractivity contribution in [2.75, 3.05) is 0 Å². The molecule has 24 heavy (non-hydrogen) atoms. The van der Waals surface area contributed by atoms with E-state index >= 15 is 0 Å². The molecule has 0 unspecified atom stereocenters. The van der Waals surface area contributed by atoms with E-state index < -0.39 is 0 Å². The third-order valence-corrected chi connectivity index (χ3v) is 7.54. The van der Waals surface area contributed by atoms with Crippen molar-refractivity contribution in [2.24, 2.45) is 17.3 Å². The van der Waals surface area contributed by atoms with Gasteiger partial charge in [0.15, 0.2) is 0 Å². The highest BCUT2D eigenvalue weighted by Crippen LogP contribution is 2.65. The first-order valence-electron chi connectivity index (χ1n) is 9.25. The van der Waals surface area contributed by atoms with Gasteiger partial charge in [-0.1, -0.05) is 37.6 Å². The molecule has 4 heteroatoms. The van der Waals surface area contributed by atoms with E-state index in [0.717, 1.165) is 18.8 Å². The van der Waals surface area contributed by atoms with Crippen LogP contribution in [0.1, 0.15) is 50.3 Å². The molecular formula is C20H28BClO2. The molecule has 130 valence electrons. The molecule has 0 N–H and O–H groups in total. The highest BCUT2D eigenvalue weighted by molar-refractivity contribution is 6.60. The highest BCUT2D eigenvalue weighted by atomic mass is 35.5. The lowest BCUT2D eigenvalue weighted by atomic mass is 9.43. The van der Waals surface area contributed by atoms with Crippen LogP contribution in [-0.4, -0.2) is 24.1 Å². The van der Waals surface area contributed by atoms with Gasteiger partial charge in [-0.15, -0.1) is 11.6 Å². The van der Waals surface area contributed by atoms with Crippen LogP contribution in [0, 0.1) is 31.1 Å². The van der Waals surface area contributed by atoms with Gasteiger partial charge in [-0.2, -0.15) is 0 Å². The van der Waals surface area contributed by atoms with E-state index in [0.29, 0.717) is 11.3 Å². The quantitative estimate of drug-likeness (QED) is 0.582. The van der Waals surface area contributed by atoms with Crippen LogP contribution in [0.15, 0.2) is 18.2 Å². The Morgan fingerprint density at radius 1 is 1.25 bits per heavy atom. The topological polar surface area (TPSA) is 18.5 Å². The molecule has 0 amide bonds. The Morgan fingerprint density at radius 3 is 2.67 bits per heavy atom. The second-order valence-electron chi connectivity index (χ2n) is 8.99. The second-order valence-corrected chi connectivity index (χ2v) is 9.55. The van der Waals surface area contributed by atoms with E-state index in [-0.39, 0.29) is 24.1 Å². The summed E-state index contributed by atoms with van der Waals surface area (Å²) in [7, 11) is -0.294. The van der Waals surface area contributed by atoms with Gasteiger partial charge < -0.3 is 9.31 Å². The van der Waals surface area contributed by atoms with Crippen molar-refractivity contribution in [3.63, 3.8) is 0 Å². The Kier molecular flexibility index (Phi) is 3.88. The lowest BCUT2D eigenvalue weighted by Crippen LogP contribution is -2.65. The molecule has 2 nitrogen and oxygen atoms in total. The van der Waals surface area contributed by atoms with E-state index in [4.69, 9.17) is 20.9 Å². The molecule has 2 bridgehead atoms. The Labute approximate surface area is 151 Å². The normalized spacial score (nSPS) is 37.8. The van der Waals surface area contributed by atoms with Crippen molar-refractivity contribution >= 4 is 18.7 Å². The summed E-state index contributed by atoms with van der Waals surface area (Å²) in [5.41, 5.74) is 4.08. The largest absolute Gasteiger partial charge is 0.477 e. The van der Waals surface area contributed by atoms with Crippen molar-refractivity contribution < 1.29 is 9.31 Å². The van der Waals surface area contributed by atoms with Gasteiger partial charge in [0, 0.05) is 0 Å². The molecule has 1 heterocycles. The van der Waals surface area contributed by atoms with Crippen molar-refractivity contribution in [3.8, 4) is 0 Å². The monoisotopic (exact) mass is 346 g/mol. The zero-order valence-corrected chi connectivity index (χ0v) is 16.2. The zero-order chi connectivity index (χ0) is 17.3. The molecular weight excluding hydrogens is 318 g/mol. The van der Waals surface area contributed by atoms with Gasteiger partial charge >= 0.3 is 7.12 Å². The van der Waals surface area contributed by atoms with Crippen LogP contribution >= 0.6 is 11.6 Å². The van der Waals surface area contributed by atoms with Gasteiger partial charge in [-0.05, 0) is 68.4 Å². The Balaban J connectivity index is 1.48. The van der Waals surface area contributed by atoms with Gasteiger partial charge in [-0.25, -0.2) is 0 Å². The molecule has 4 aliphatic rings. The average molecular weight is 347 g/mol. The summed E-state index contributed by atoms with van der Waals surface area (Å²) in [4.78, 5) is 0. The molecule has 3 aliphatic carbocycles. The van der Waals surface area contributed by atoms with Gasteiger partial charge in [0.2, 0.25) is 0 Å². The maximum absolute atomic E-state index is 6.74. The Hall–Kier alpha value is -0.505. The maximum atomic E-state index is 6.74. The van der Waals surface area contributed by atoms with Crippen LogP contribution in [0.25, 0.3) is 0 Å².